The zero-order valence-corrected chi connectivity index (χ0v) is 7.75. The summed E-state index contributed by atoms with van der Waals surface area (Å²) < 4.78 is 5.31. The van der Waals surface area contributed by atoms with Gasteiger partial charge in [-0.15, -0.1) is 0 Å². The second kappa shape index (κ2) is 2.75. The summed E-state index contributed by atoms with van der Waals surface area (Å²) >= 11 is 0. The van der Waals surface area contributed by atoms with E-state index in [9.17, 15) is 4.79 Å². The fraction of sp³-hybridized carbons (Fsp3) is 0.900. The number of hydrogen-bond donors (Lipinski definition) is 0. The van der Waals surface area contributed by atoms with Crippen LogP contribution in [0, 0.1) is 17.8 Å². The first kappa shape index (κ1) is 8.09. The zero-order valence-electron chi connectivity index (χ0n) is 7.75. The first-order chi connectivity index (χ1) is 5.68. The maximum absolute atomic E-state index is 11.2. The Hall–Kier alpha value is -0.530. The molecule has 2 nitrogen and oxygen atoms in total. The number of hydrogen-bond acceptors (Lipinski definition) is 2. The van der Waals surface area contributed by atoms with Gasteiger partial charge in [-0.25, -0.2) is 0 Å². The van der Waals surface area contributed by atoms with E-state index in [2.05, 4.69) is 6.92 Å². The minimum Gasteiger partial charge on any atom is -0.462 e. The van der Waals surface area contributed by atoms with Crippen LogP contribution in [0.4, 0.5) is 0 Å². The molecule has 0 aromatic rings. The molecule has 12 heavy (non-hydrogen) atoms. The molecular formula is C10H16O2. The summed E-state index contributed by atoms with van der Waals surface area (Å²) in [5.74, 6) is 1.44. The van der Waals surface area contributed by atoms with Gasteiger partial charge in [0.1, 0.15) is 6.10 Å². The third kappa shape index (κ3) is 1.13. The van der Waals surface area contributed by atoms with Crippen molar-refractivity contribution in [3.8, 4) is 0 Å². The Morgan fingerprint density at radius 2 is 2.08 bits per heavy atom. The van der Waals surface area contributed by atoms with Gasteiger partial charge in [-0.1, -0.05) is 20.3 Å². The average molecular weight is 168 g/mol. The Bertz CT molecular complexity index is 200. The molecule has 0 radical (unpaired) electrons. The third-order valence-corrected chi connectivity index (χ3v) is 3.39. The maximum atomic E-state index is 11.2. The van der Waals surface area contributed by atoms with E-state index in [1.807, 2.05) is 6.92 Å². The van der Waals surface area contributed by atoms with Gasteiger partial charge in [0.15, 0.2) is 0 Å². The van der Waals surface area contributed by atoms with Crippen LogP contribution in [0.25, 0.3) is 0 Å². The predicted octanol–water partition coefficient (Wildman–Crippen LogP) is 1.98. The average Bonchev–Trinajstić information content (AvgIpc) is 2.28. The standard InChI is InChI=1S/C10H16O2/c1-6-3-4-8-7(2)10(11)12-9(8)5-6/h6-9H,3-5H2,1-2H3/t6?,7-,8?,9?/m1/s1. The zero-order chi connectivity index (χ0) is 8.72. The Morgan fingerprint density at radius 1 is 1.33 bits per heavy atom. The van der Waals surface area contributed by atoms with Crippen molar-refractivity contribution in [2.45, 2.75) is 39.2 Å². The number of carbonyl (C=O) groups is 1. The maximum Gasteiger partial charge on any atom is 0.309 e. The quantitative estimate of drug-likeness (QED) is 0.517. The predicted molar refractivity (Wildman–Crippen MR) is 45.5 cm³/mol. The number of esters is 1. The van der Waals surface area contributed by atoms with Gasteiger partial charge in [-0.2, -0.15) is 0 Å². The smallest absolute Gasteiger partial charge is 0.309 e. The van der Waals surface area contributed by atoms with Crippen molar-refractivity contribution in [2.24, 2.45) is 17.8 Å². The summed E-state index contributed by atoms with van der Waals surface area (Å²) in [6, 6.07) is 0. The molecule has 0 amide bonds. The Labute approximate surface area is 73.3 Å². The second-order valence-electron chi connectivity index (χ2n) is 4.35. The summed E-state index contributed by atoms with van der Waals surface area (Å²) in [4.78, 5) is 11.2. The lowest BCUT2D eigenvalue weighted by atomic mass is 9.77. The number of ether oxygens (including phenoxy) is 1. The fourth-order valence-electron chi connectivity index (χ4n) is 2.49. The van der Waals surface area contributed by atoms with Crippen LogP contribution in [0.15, 0.2) is 0 Å². The van der Waals surface area contributed by atoms with E-state index in [0.29, 0.717) is 5.92 Å². The highest BCUT2D eigenvalue weighted by molar-refractivity contribution is 5.74. The summed E-state index contributed by atoms with van der Waals surface area (Å²) in [5, 5.41) is 0. The van der Waals surface area contributed by atoms with E-state index >= 15 is 0 Å². The first-order valence-corrected chi connectivity index (χ1v) is 4.89. The molecule has 0 N–H and O–H groups in total. The number of fused-ring (bicyclic) bond motifs is 1. The molecule has 1 saturated heterocycles. The topological polar surface area (TPSA) is 26.3 Å². The minimum absolute atomic E-state index is 0.0269. The van der Waals surface area contributed by atoms with Gasteiger partial charge in [0.25, 0.3) is 0 Å². The van der Waals surface area contributed by atoms with Crippen molar-refractivity contribution < 1.29 is 9.53 Å². The van der Waals surface area contributed by atoms with E-state index in [-0.39, 0.29) is 18.0 Å². The van der Waals surface area contributed by atoms with Gasteiger partial charge in [-0.3, -0.25) is 4.79 Å². The van der Waals surface area contributed by atoms with Gasteiger partial charge >= 0.3 is 5.97 Å². The Kier molecular flexibility index (Phi) is 1.85. The van der Waals surface area contributed by atoms with Crippen LogP contribution in [0.3, 0.4) is 0 Å². The molecule has 0 aromatic heterocycles. The van der Waals surface area contributed by atoms with Crippen LogP contribution in [0.5, 0.6) is 0 Å². The second-order valence-corrected chi connectivity index (χ2v) is 4.35. The van der Waals surface area contributed by atoms with Crippen LogP contribution >= 0.6 is 0 Å². The van der Waals surface area contributed by atoms with E-state index in [1.165, 1.54) is 12.8 Å². The summed E-state index contributed by atoms with van der Waals surface area (Å²) in [6.07, 6.45) is 3.78. The fourth-order valence-corrected chi connectivity index (χ4v) is 2.49. The van der Waals surface area contributed by atoms with Crippen LogP contribution in [0.1, 0.15) is 33.1 Å². The molecule has 2 fully saturated rings. The minimum atomic E-state index is 0.0269. The molecule has 68 valence electrons. The van der Waals surface area contributed by atoms with Crippen molar-refractivity contribution in [1.82, 2.24) is 0 Å². The van der Waals surface area contributed by atoms with Crippen LogP contribution in [-0.2, 0) is 9.53 Å². The molecule has 2 heteroatoms. The van der Waals surface area contributed by atoms with Crippen molar-refractivity contribution in [1.29, 1.82) is 0 Å². The molecular weight excluding hydrogens is 152 g/mol. The monoisotopic (exact) mass is 168 g/mol. The van der Waals surface area contributed by atoms with Crippen molar-refractivity contribution in [3.63, 3.8) is 0 Å². The lowest BCUT2D eigenvalue weighted by molar-refractivity contribution is -0.144. The molecule has 2 aliphatic rings. The highest BCUT2D eigenvalue weighted by atomic mass is 16.6. The molecule has 0 aromatic carbocycles. The highest BCUT2D eigenvalue weighted by Crippen LogP contribution is 2.40. The van der Waals surface area contributed by atoms with Crippen molar-refractivity contribution in [2.75, 3.05) is 0 Å². The molecule has 1 saturated carbocycles. The van der Waals surface area contributed by atoms with Crippen molar-refractivity contribution in [3.05, 3.63) is 0 Å². The highest BCUT2D eigenvalue weighted by Gasteiger charge is 2.43. The Morgan fingerprint density at radius 3 is 2.83 bits per heavy atom. The lowest BCUT2D eigenvalue weighted by Crippen LogP contribution is -2.27. The summed E-state index contributed by atoms with van der Waals surface area (Å²) in [7, 11) is 0. The molecule has 0 bridgehead atoms. The number of rotatable bonds is 0. The van der Waals surface area contributed by atoms with E-state index in [0.717, 1.165) is 12.3 Å². The lowest BCUT2D eigenvalue weighted by Gasteiger charge is -2.28. The molecule has 3 unspecified atom stereocenters. The normalized spacial score (nSPS) is 47.0. The third-order valence-electron chi connectivity index (χ3n) is 3.39. The van der Waals surface area contributed by atoms with Crippen LogP contribution in [-0.4, -0.2) is 12.1 Å². The first-order valence-electron chi connectivity index (χ1n) is 4.89. The van der Waals surface area contributed by atoms with Gasteiger partial charge in [-0.05, 0) is 18.8 Å². The SMILES string of the molecule is CC1CCC2C(C1)OC(=O)[C@@H]2C. The van der Waals surface area contributed by atoms with Gasteiger partial charge < -0.3 is 4.74 Å². The van der Waals surface area contributed by atoms with Crippen molar-refractivity contribution >= 4 is 5.97 Å². The molecule has 2 rings (SSSR count). The van der Waals surface area contributed by atoms with Crippen LogP contribution < -0.4 is 0 Å². The summed E-state index contributed by atoms with van der Waals surface area (Å²) in [5.41, 5.74) is 0. The largest absolute Gasteiger partial charge is 0.462 e. The molecule has 0 spiro atoms. The van der Waals surface area contributed by atoms with E-state index in [1.54, 1.807) is 0 Å². The van der Waals surface area contributed by atoms with E-state index < -0.39 is 0 Å². The Balaban J connectivity index is 2.09. The molecule has 4 atom stereocenters. The van der Waals surface area contributed by atoms with Gasteiger partial charge in [0.2, 0.25) is 0 Å². The van der Waals surface area contributed by atoms with Crippen LogP contribution in [0.2, 0.25) is 0 Å². The van der Waals surface area contributed by atoms with E-state index in [4.69, 9.17) is 4.74 Å². The molecule has 1 aliphatic carbocycles. The van der Waals surface area contributed by atoms with Gasteiger partial charge in [0.05, 0.1) is 5.92 Å². The summed E-state index contributed by atoms with van der Waals surface area (Å²) in [6.45, 7) is 4.25. The molecule has 1 heterocycles. The molecule has 1 aliphatic heterocycles. The van der Waals surface area contributed by atoms with Gasteiger partial charge in [0, 0.05) is 5.92 Å². The number of carbonyl (C=O) groups excluding carboxylic acids is 1.